The van der Waals surface area contributed by atoms with E-state index in [9.17, 15) is 14.9 Å². The van der Waals surface area contributed by atoms with Crippen molar-refractivity contribution in [2.24, 2.45) is 0 Å². The lowest BCUT2D eigenvalue weighted by Crippen LogP contribution is -2.20. The predicted molar refractivity (Wildman–Crippen MR) is 98.0 cm³/mol. The van der Waals surface area contributed by atoms with Gasteiger partial charge in [0, 0.05) is 30.1 Å². The fourth-order valence-electron chi connectivity index (χ4n) is 2.14. The summed E-state index contributed by atoms with van der Waals surface area (Å²) in [6.45, 7) is -0.197. The molecule has 0 fully saturated rings. The lowest BCUT2D eigenvalue weighted by atomic mass is 10.3. The van der Waals surface area contributed by atoms with E-state index in [4.69, 9.17) is 9.47 Å². The molecule has 3 aromatic rings. The number of nitro groups is 1. The highest BCUT2D eigenvalue weighted by Gasteiger charge is 2.07. The molecule has 0 radical (unpaired) electrons. The molecule has 1 heterocycles. The minimum absolute atomic E-state index is 0.0442. The topological polar surface area (TPSA) is 104 Å². The Balaban J connectivity index is 1.49. The van der Waals surface area contributed by atoms with Gasteiger partial charge in [-0.05, 0) is 42.5 Å². The van der Waals surface area contributed by atoms with Gasteiger partial charge in [0.05, 0.1) is 4.92 Å². The average Bonchev–Trinajstić information content (AvgIpc) is 2.69. The summed E-state index contributed by atoms with van der Waals surface area (Å²) in [5.41, 5.74) is 0.408. The van der Waals surface area contributed by atoms with E-state index >= 15 is 0 Å². The zero-order chi connectivity index (χ0) is 19.1. The fraction of sp³-hybridized carbons (Fsp3) is 0.0526. The number of carbonyl (C=O) groups is 1. The third kappa shape index (κ3) is 5.27. The number of nitrogens with zero attached hydrogens (tertiary/aromatic N) is 2. The van der Waals surface area contributed by atoms with Crippen LogP contribution in [-0.2, 0) is 4.79 Å². The number of pyridine rings is 1. The van der Waals surface area contributed by atoms with Gasteiger partial charge in [0.15, 0.2) is 6.61 Å². The van der Waals surface area contributed by atoms with Gasteiger partial charge in [0.25, 0.3) is 11.6 Å². The first-order chi connectivity index (χ1) is 13.1. The number of hydrogen-bond donors (Lipinski definition) is 1. The summed E-state index contributed by atoms with van der Waals surface area (Å²) >= 11 is 0. The van der Waals surface area contributed by atoms with Crippen LogP contribution >= 0.6 is 0 Å². The Bertz CT molecular complexity index is 912. The zero-order valence-electron chi connectivity index (χ0n) is 14.1. The molecular weight excluding hydrogens is 350 g/mol. The second-order valence-corrected chi connectivity index (χ2v) is 5.38. The van der Waals surface area contributed by atoms with Crippen molar-refractivity contribution in [3.05, 3.63) is 83.0 Å². The summed E-state index contributed by atoms with van der Waals surface area (Å²) in [5.74, 6) is 1.20. The highest BCUT2D eigenvalue weighted by atomic mass is 16.6. The molecule has 8 heteroatoms. The highest BCUT2D eigenvalue weighted by molar-refractivity contribution is 5.91. The van der Waals surface area contributed by atoms with Crippen molar-refractivity contribution in [1.29, 1.82) is 0 Å². The van der Waals surface area contributed by atoms with Crippen LogP contribution in [0.5, 0.6) is 17.4 Å². The van der Waals surface area contributed by atoms with Crippen molar-refractivity contribution in [3.8, 4) is 17.4 Å². The Morgan fingerprint density at radius 1 is 1.00 bits per heavy atom. The molecule has 0 saturated heterocycles. The molecular formula is C19H15N3O5. The monoisotopic (exact) mass is 365 g/mol. The van der Waals surface area contributed by atoms with Gasteiger partial charge in [0.2, 0.25) is 5.88 Å². The molecule has 27 heavy (non-hydrogen) atoms. The SMILES string of the molecule is O=C(COc1ccc(Oc2ccccn2)cc1)Nc1ccc([N+](=O)[O-])cc1. The molecule has 0 aliphatic heterocycles. The van der Waals surface area contributed by atoms with Crippen LogP contribution in [0.25, 0.3) is 0 Å². The molecule has 0 atom stereocenters. The first kappa shape index (κ1) is 17.9. The largest absolute Gasteiger partial charge is 0.484 e. The number of amides is 1. The summed E-state index contributed by atoms with van der Waals surface area (Å²) in [7, 11) is 0. The van der Waals surface area contributed by atoms with Crippen LogP contribution in [0.1, 0.15) is 0 Å². The van der Waals surface area contributed by atoms with E-state index in [1.165, 1.54) is 24.3 Å². The van der Waals surface area contributed by atoms with Crippen LogP contribution in [0.3, 0.4) is 0 Å². The van der Waals surface area contributed by atoms with Crippen molar-refractivity contribution in [1.82, 2.24) is 4.98 Å². The number of anilines is 1. The maximum absolute atomic E-state index is 11.9. The van der Waals surface area contributed by atoms with Crippen molar-refractivity contribution in [2.75, 3.05) is 11.9 Å². The molecule has 0 unspecified atom stereocenters. The van der Waals surface area contributed by atoms with E-state index < -0.39 is 4.92 Å². The third-order valence-corrected chi connectivity index (χ3v) is 3.42. The number of aromatic nitrogens is 1. The Morgan fingerprint density at radius 2 is 1.70 bits per heavy atom. The van der Waals surface area contributed by atoms with E-state index in [-0.39, 0.29) is 18.2 Å². The molecule has 1 aromatic heterocycles. The van der Waals surface area contributed by atoms with Gasteiger partial charge in [-0.3, -0.25) is 14.9 Å². The van der Waals surface area contributed by atoms with Gasteiger partial charge >= 0.3 is 0 Å². The molecule has 1 N–H and O–H groups in total. The van der Waals surface area contributed by atoms with E-state index in [1.54, 1.807) is 42.6 Å². The van der Waals surface area contributed by atoms with Crippen molar-refractivity contribution in [2.45, 2.75) is 0 Å². The van der Waals surface area contributed by atoms with Gasteiger partial charge in [-0.1, -0.05) is 6.07 Å². The zero-order valence-corrected chi connectivity index (χ0v) is 14.1. The van der Waals surface area contributed by atoms with E-state index in [0.717, 1.165) is 0 Å². The normalized spacial score (nSPS) is 10.1. The molecule has 0 aliphatic carbocycles. The second kappa shape index (κ2) is 8.43. The number of rotatable bonds is 7. The smallest absolute Gasteiger partial charge is 0.269 e. The van der Waals surface area contributed by atoms with Crippen molar-refractivity contribution < 1.29 is 19.2 Å². The van der Waals surface area contributed by atoms with E-state index in [2.05, 4.69) is 10.3 Å². The van der Waals surface area contributed by atoms with Crippen LogP contribution in [0.2, 0.25) is 0 Å². The van der Waals surface area contributed by atoms with Crippen LogP contribution in [0.4, 0.5) is 11.4 Å². The third-order valence-electron chi connectivity index (χ3n) is 3.42. The predicted octanol–water partition coefficient (Wildman–Crippen LogP) is 3.80. The van der Waals surface area contributed by atoms with Gasteiger partial charge in [0.1, 0.15) is 11.5 Å². The maximum Gasteiger partial charge on any atom is 0.269 e. The molecule has 8 nitrogen and oxygen atoms in total. The second-order valence-electron chi connectivity index (χ2n) is 5.38. The number of ether oxygens (including phenoxy) is 2. The Morgan fingerprint density at radius 3 is 2.33 bits per heavy atom. The number of nitrogens with one attached hydrogen (secondary N) is 1. The number of hydrogen-bond acceptors (Lipinski definition) is 6. The summed E-state index contributed by atoms with van der Waals surface area (Å²) in [6, 6.07) is 17.7. The summed E-state index contributed by atoms with van der Waals surface area (Å²) < 4.78 is 11.0. The van der Waals surface area contributed by atoms with Crippen LogP contribution in [-0.4, -0.2) is 22.4 Å². The fourth-order valence-corrected chi connectivity index (χ4v) is 2.14. The quantitative estimate of drug-likeness (QED) is 0.504. The van der Waals surface area contributed by atoms with Crippen LogP contribution < -0.4 is 14.8 Å². The Kier molecular flexibility index (Phi) is 5.58. The molecule has 0 aliphatic rings. The first-order valence-corrected chi connectivity index (χ1v) is 7.96. The first-order valence-electron chi connectivity index (χ1n) is 7.96. The van der Waals surface area contributed by atoms with E-state index in [1.807, 2.05) is 6.07 Å². The Hall–Kier alpha value is -3.94. The summed E-state index contributed by atoms with van der Waals surface area (Å²) in [5, 5.41) is 13.2. The highest BCUT2D eigenvalue weighted by Crippen LogP contribution is 2.22. The van der Waals surface area contributed by atoms with Gasteiger partial charge in [-0.25, -0.2) is 4.98 Å². The Labute approximate surface area is 154 Å². The molecule has 0 saturated carbocycles. The summed E-state index contributed by atoms with van der Waals surface area (Å²) in [4.78, 5) is 26.1. The van der Waals surface area contributed by atoms with Gasteiger partial charge in [-0.2, -0.15) is 0 Å². The standard InChI is InChI=1S/C19H15N3O5/c23-18(21-14-4-6-15(7-5-14)22(24)25)13-26-16-8-10-17(11-9-16)27-19-3-1-2-12-20-19/h1-12H,13H2,(H,21,23). The minimum atomic E-state index is -0.504. The maximum atomic E-state index is 11.9. The van der Waals surface area contributed by atoms with Crippen LogP contribution in [0, 0.1) is 10.1 Å². The van der Waals surface area contributed by atoms with Gasteiger partial charge < -0.3 is 14.8 Å². The molecule has 3 rings (SSSR count). The minimum Gasteiger partial charge on any atom is -0.484 e. The number of non-ortho nitro benzene ring substituents is 1. The van der Waals surface area contributed by atoms with E-state index in [0.29, 0.717) is 23.1 Å². The molecule has 2 aromatic carbocycles. The average molecular weight is 365 g/mol. The van der Waals surface area contributed by atoms with Gasteiger partial charge in [-0.15, -0.1) is 0 Å². The van der Waals surface area contributed by atoms with Crippen molar-refractivity contribution >= 4 is 17.3 Å². The number of carbonyl (C=O) groups excluding carboxylic acids is 1. The molecule has 0 bridgehead atoms. The lowest BCUT2D eigenvalue weighted by Gasteiger charge is -2.08. The molecule has 1 amide bonds. The number of nitro benzene ring substituents is 1. The van der Waals surface area contributed by atoms with Crippen LogP contribution in [0.15, 0.2) is 72.9 Å². The molecule has 136 valence electrons. The summed E-state index contributed by atoms with van der Waals surface area (Å²) in [6.07, 6.45) is 1.64. The number of benzene rings is 2. The molecule has 0 spiro atoms. The lowest BCUT2D eigenvalue weighted by molar-refractivity contribution is -0.384. The van der Waals surface area contributed by atoms with Crippen molar-refractivity contribution in [3.63, 3.8) is 0 Å².